The maximum absolute atomic E-state index is 14.8. The zero-order chi connectivity index (χ0) is 29.8. The molecular formula is C30H30FN5O6. The summed E-state index contributed by atoms with van der Waals surface area (Å²) in [6.45, 7) is 0.650. The zero-order valence-electron chi connectivity index (χ0n) is 22.8. The van der Waals surface area contributed by atoms with Gasteiger partial charge < -0.3 is 35.7 Å². The van der Waals surface area contributed by atoms with E-state index in [1.807, 2.05) is 6.07 Å². The van der Waals surface area contributed by atoms with Crippen LogP contribution in [0.5, 0.6) is 11.5 Å². The van der Waals surface area contributed by atoms with E-state index in [2.05, 4.69) is 15.6 Å². The van der Waals surface area contributed by atoms with Crippen molar-refractivity contribution in [1.29, 1.82) is 5.41 Å². The van der Waals surface area contributed by atoms with Crippen LogP contribution in [-0.4, -0.2) is 49.1 Å². The molecule has 2 atom stereocenters. The van der Waals surface area contributed by atoms with Gasteiger partial charge in [-0.1, -0.05) is 18.2 Å². The molecule has 0 radical (unpaired) electrons. The third-order valence-corrected chi connectivity index (χ3v) is 7.19. The van der Waals surface area contributed by atoms with Gasteiger partial charge in [-0.2, -0.15) is 0 Å². The van der Waals surface area contributed by atoms with Crippen LogP contribution >= 0.6 is 0 Å². The number of carbonyl (C=O) groups excluding carboxylic acids is 1. The third kappa shape index (κ3) is 6.03. The quantitative estimate of drug-likeness (QED) is 0.190. The first-order valence-corrected chi connectivity index (χ1v) is 13.2. The molecule has 5 rings (SSSR count). The Hall–Kier alpha value is -4.97. The number of carbonyl (C=O) groups is 2. The van der Waals surface area contributed by atoms with Gasteiger partial charge in [-0.05, 0) is 60.4 Å². The van der Waals surface area contributed by atoms with Crippen molar-refractivity contribution < 1.29 is 33.3 Å². The van der Waals surface area contributed by atoms with Crippen molar-refractivity contribution in [3.8, 4) is 11.5 Å². The van der Waals surface area contributed by atoms with Gasteiger partial charge in [0.1, 0.15) is 23.5 Å². The summed E-state index contributed by atoms with van der Waals surface area (Å²) < 4.78 is 31.4. The second kappa shape index (κ2) is 12.3. The topological polar surface area (TPSA) is 168 Å². The number of carboxylic acids is 1. The van der Waals surface area contributed by atoms with Crippen LogP contribution in [0, 0.1) is 17.1 Å². The number of anilines is 1. The molecule has 11 nitrogen and oxygen atoms in total. The molecule has 0 saturated carbocycles. The number of nitrogens with zero attached hydrogens (tertiary/aromatic N) is 1. The molecule has 42 heavy (non-hydrogen) atoms. The molecule has 0 spiro atoms. The number of hydrogen-bond acceptors (Lipinski definition) is 8. The first-order chi connectivity index (χ1) is 20.2. The highest BCUT2D eigenvalue weighted by molar-refractivity contribution is 6.04. The number of aromatic carboxylic acids is 1. The molecule has 2 unspecified atom stereocenters. The number of amides is 1. The van der Waals surface area contributed by atoms with Crippen molar-refractivity contribution in [3.63, 3.8) is 0 Å². The Morgan fingerprint density at radius 3 is 2.81 bits per heavy atom. The monoisotopic (exact) mass is 575 g/mol. The molecule has 0 saturated heterocycles. The summed E-state index contributed by atoms with van der Waals surface area (Å²) in [4.78, 5) is 29.9. The van der Waals surface area contributed by atoms with E-state index in [0.717, 1.165) is 5.56 Å². The van der Waals surface area contributed by atoms with Crippen molar-refractivity contribution in [2.24, 2.45) is 16.6 Å². The minimum atomic E-state index is -1.06. The number of aliphatic imine (C=N–C) groups is 1. The van der Waals surface area contributed by atoms with Crippen LogP contribution < -0.4 is 25.8 Å². The van der Waals surface area contributed by atoms with Gasteiger partial charge in [-0.25, -0.2) is 9.18 Å². The van der Waals surface area contributed by atoms with E-state index in [0.29, 0.717) is 40.6 Å². The van der Waals surface area contributed by atoms with Crippen LogP contribution in [0.2, 0.25) is 0 Å². The summed E-state index contributed by atoms with van der Waals surface area (Å²) in [7, 11) is 1.51. The van der Waals surface area contributed by atoms with E-state index in [1.54, 1.807) is 30.3 Å². The Labute approximate surface area is 241 Å². The summed E-state index contributed by atoms with van der Waals surface area (Å²) in [5, 5.41) is 23.4. The number of fused-ring (bicyclic) bond motifs is 1. The lowest BCUT2D eigenvalue weighted by molar-refractivity contribution is -0.123. The lowest BCUT2D eigenvalue weighted by Crippen LogP contribution is -2.40. The zero-order valence-corrected chi connectivity index (χ0v) is 22.8. The number of nitrogen functional groups attached to an aromatic ring is 1. The lowest BCUT2D eigenvalue weighted by Gasteiger charge is -2.26. The highest BCUT2D eigenvalue weighted by atomic mass is 19.1. The molecular weight excluding hydrogens is 545 g/mol. The number of methoxy groups -OCH3 is 1. The Kier molecular flexibility index (Phi) is 8.34. The van der Waals surface area contributed by atoms with Gasteiger partial charge in [-0.3, -0.25) is 15.2 Å². The van der Waals surface area contributed by atoms with Crippen molar-refractivity contribution >= 4 is 29.2 Å². The smallest absolute Gasteiger partial charge is 0.335 e. The number of nitrogens with one attached hydrogen (secondary N) is 3. The number of carboxylic acid groups (broad SMARTS) is 1. The number of hydrogen-bond donors (Lipinski definition) is 5. The molecule has 2 aliphatic heterocycles. The summed E-state index contributed by atoms with van der Waals surface area (Å²) in [5.41, 5.74) is 7.89. The minimum Gasteiger partial charge on any atom is -0.493 e. The van der Waals surface area contributed by atoms with Crippen LogP contribution in [0.4, 0.5) is 10.1 Å². The Balaban J connectivity index is 1.48. The van der Waals surface area contributed by atoms with Crippen molar-refractivity contribution in [2.45, 2.75) is 25.5 Å². The maximum Gasteiger partial charge on any atom is 0.335 e. The largest absolute Gasteiger partial charge is 0.493 e. The molecule has 0 fully saturated rings. The van der Waals surface area contributed by atoms with Gasteiger partial charge in [-0.15, -0.1) is 0 Å². The molecule has 3 aromatic carbocycles. The average Bonchev–Trinajstić information content (AvgIpc) is 3.16. The molecule has 218 valence electrons. The number of benzene rings is 3. The Morgan fingerprint density at radius 1 is 1.26 bits per heavy atom. The van der Waals surface area contributed by atoms with Gasteiger partial charge in [0.25, 0.3) is 0 Å². The van der Waals surface area contributed by atoms with Crippen LogP contribution in [0.3, 0.4) is 0 Å². The van der Waals surface area contributed by atoms with Crippen molar-refractivity contribution in [1.82, 2.24) is 5.32 Å². The minimum absolute atomic E-state index is 0.0357. The molecule has 2 aliphatic rings. The van der Waals surface area contributed by atoms with Crippen LogP contribution in [0.15, 0.2) is 59.6 Å². The van der Waals surface area contributed by atoms with Crippen molar-refractivity contribution in [3.05, 3.63) is 88.2 Å². The van der Waals surface area contributed by atoms with Gasteiger partial charge in [0.2, 0.25) is 5.91 Å². The molecule has 6 N–H and O–H groups in total. The summed E-state index contributed by atoms with van der Waals surface area (Å²) >= 11 is 0. The van der Waals surface area contributed by atoms with Gasteiger partial charge in [0.15, 0.2) is 18.3 Å². The Bertz CT molecular complexity index is 1560. The maximum atomic E-state index is 14.8. The second-order valence-corrected chi connectivity index (χ2v) is 9.92. The molecule has 3 aromatic rings. The van der Waals surface area contributed by atoms with Crippen LogP contribution in [0.25, 0.3) is 0 Å². The molecule has 2 heterocycles. The highest BCUT2D eigenvalue weighted by Crippen LogP contribution is 2.38. The van der Waals surface area contributed by atoms with E-state index >= 15 is 0 Å². The van der Waals surface area contributed by atoms with Gasteiger partial charge >= 0.3 is 5.97 Å². The first kappa shape index (κ1) is 28.6. The molecule has 0 aliphatic carbocycles. The highest BCUT2D eigenvalue weighted by Gasteiger charge is 2.30. The molecule has 0 aromatic heterocycles. The molecule has 1 amide bonds. The third-order valence-electron chi connectivity index (χ3n) is 7.19. The lowest BCUT2D eigenvalue weighted by atomic mass is 9.92. The van der Waals surface area contributed by atoms with E-state index < -0.39 is 29.6 Å². The SMILES string of the molecule is COc1cc(C(Nc2ccc(C(=N)N)c(F)c2)C2=NCCC(Cc3ccccc3C(=O)O)C(=O)N2)cc2c1OCOC2. The average molecular weight is 576 g/mol. The first-order valence-electron chi connectivity index (χ1n) is 13.2. The normalized spacial score (nSPS) is 17.0. The summed E-state index contributed by atoms with van der Waals surface area (Å²) in [6, 6.07) is 13.6. The molecule has 12 heteroatoms. The second-order valence-electron chi connectivity index (χ2n) is 9.92. The number of ether oxygens (including phenoxy) is 3. The predicted molar refractivity (Wildman–Crippen MR) is 153 cm³/mol. The fourth-order valence-corrected chi connectivity index (χ4v) is 5.10. The number of nitrogens with two attached hydrogens (primary N) is 1. The predicted octanol–water partition coefficient (Wildman–Crippen LogP) is 3.61. The summed E-state index contributed by atoms with van der Waals surface area (Å²) in [6.07, 6.45) is 0.626. The van der Waals surface area contributed by atoms with E-state index in [1.165, 1.54) is 25.3 Å². The van der Waals surface area contributed by atoms with Crippen molar-refractivity contribution in [2.75, 3.05) is 25.8 Å². The van der Waals surface area contributed by atoms with E-state index in [9.17, 15) is 19.1 Å². The van der Waals surface area contributed by atoms with Gasteiger partial charge in [0.05, 0.1) is 24.8 Å². The fraction of sp³-hybridized carbons (Fsp3) is 0.267. The number of rotatable bonds is 9. The van der Waals surface area contributed by atoms with Gasteiger partial charge in [0, 0.05) is 23.7 Å². The molecule has 0 bridgehead atoms. The van der Waals surface area contributed by atoms with E-state index in [-0.39, 0.29) is 43.4 Å². The van der Waals surface area contributed by atoms with Crippen LogP contribution in [-0.2, 0) is 22.6 Å². The van der Waals surface area contributed by atoms with E-state index in [4.69, 9.17) is 25.4 Å². The fourth-order valence-electron chi connectivity index (χ4n) is 5.10. The number of halogens is 1. The Morgan fingerprint density at radius 2 is 2.07 bits per heavy atom. The standard InChI is InChI=1S/C30H30FN5O6/c1-40-24-12-18(11-19-14-41-15-42-26(19)24)25(35-20-6-7-22(27(32)33)23(31)13-20)28-34-9-8-17(29(37)36-28)10-16-4-2-3-5-21(16)30(38)39/h2-7,11-13,17,25,35H,8-10,14-15H2,1H3,(H3,32,33)(H,38,39)(H,34,36,37). The summed E-state index contributed by atoms with van der Waals surface area (Å²) in [5.74, 6) is -1.67. The van der Waals surface area contributed by atoms with Crippen LogP contribution in [0.1, 0.15) is 45.1 Å². The number of amidine groups is 2.